The lowest BCUT2D eigenvalue weighted by molar-refractivity contribution is 0.0945. The van der Waals surface area contributed by atoms with E-state index in [9.17, 15) is 9.59 Å². The Morgan fingerprint density at radius 3 is 1.69 bits per heavy atom. The molecule has 0 heterocycles. The maximum absolute atomic E-state index is 12.0. The van der Waals surface area contributed by atoms with Crippen molar-refractivity contribution in [3.05, 3.63) is 76.6 Å². The second-order valence-corrected chi connectivity index (χ2v) is 6.63. The Bertz CT molecular complexity index is 815. The van der Waals surface area contributed by atoms with E-state index >= 15 is 0 Å². The van der Waals surface area contributed by atoms with E-state index in [1.165, 1.54) is 0 Å². The number of hydrogen-bond acceptors (Lipinski definition) is 3. The second kappa shape index (κ2) is 11.9. The molecule has 6 nitrogen and oxygen atoms in total. The maximum Gasteiger partial charge on any atom is 0.251 e. The summed E-state index contributed by atoms with van der Waals surface area (Å²) in [6, 6.07) is 15.2. The van der Waals surface area contributed by atoms with Crippen LogP contribution in [-0.4, -0.2) is 24.9 Å². The van der Waals surface area contributed by atoms with Gasteiger partial charge in [-0.1, -0.05) is 43.5 Å². The summed E-state index contributed by atoms with van der Waals surface area (Å²) in [7, 11) is 0. The molecule has 0 aliphatic heterocycles. The highest BCUT2D eigenvalue weighted by atomic mass is 16.2. The Morgan fingerprint density at radius 2 is 1.24 bits per heavy atom. The first-order valence-electron chi connectivity index (χ1n) is 9.68. The zero-order valence-electron chi connectivity index (χ0n) is 16.3. The minimum atomic E-state index is -0.123. The van der Waals surface area contributed by atoms with Crippen molar-refractivity contribution in [3.63, 3.8) is 0 Å². The molecule has 0 radical (unpaired) electrons. The number of amides is 2. The quantitative estimate of drug-likeness (QED) is 0.472. The normalized spacial score (nSPS) is 9.86. The molecule has 148 valence electrons. The number of rotatable bonds is 10. The van der Waals surface area contributed by atoms with Crippen molar-refractivity contribution in [2.45, 2.75) is 32.1 Å². The van der Waals surface area contributed by atoms with Crippen LogP contribution in [0, 0.1) is 17.9 Å². The lowest BCUT2D eigenvalue weighted by Crippen LogP contribution is -2.24. The van der Waals surface area contributed by atoms with Crippen LogP contribution in [0.5, 0.6) is 0 Å². The Morgan fingerprint density at radius 1 is 0.793 bits per heavy atom. The number of carbonyl (C=O) groups is 2. The fourth-order valence-corrected chi connectivity index (χ4v) is 2.77. The summed E-state index contributed by atoms with van der Waals surface area (Å²) in [6.07, 6.45) is 4.88. The third kappa shape index (κ3) is 7.48. The number of unbranched alkanes of at least 4 members (excludes halogenated alkanes) is 4. The minimum absolute atomic E-state index is 0.118. The smallest absolute Gasteiger partial charge is 0.251 e. The van der Waals surface area contributed by atoms with Gasteiger partial charge in [-0.15, -0.1) is 0 Å². The molecule has 0 aromatic heterocycles. The number of carbonyl (C=O) groups excluding carboxylic acids is 2. The largest absolute Gasteiger partial charge is 0.352 e. The zero-order chi connectivity index (χ0) is 20.9. The van der Waals surface area contributed by atoms with E-state index in [0.717, 1.165) is 32.1 Å². The van der Waals surface area contributed by atoms with Crippen molar-refractivity contribution in [1.29, 1.82) is 5.26 Å². The number of benzene rings is 2. The predicted molar refractivity (Wildman–Crippen MR) is 112 cm³/mol. The van der Waals surface area contributed by atoms with Crippen molar-refractivity contribution in [3.8, 4) is 6.07 Å². The summed E-state index contributed by atoms with van der Waals surface area (Å²) < 4.78 is 0. The van der Waals surface area contributed by atoms with Crippen LogP contribution in [0.15, 0.2) is 48.5 Å². The second-order valence-electron chi connectivity index (χ2n) is 6.63. The molecule has 0 unspecified atom stereocenters. The fourth-order valence-electron chi connectivity index (χ4n) is 2.77. The van der Waals surface area contributed by atoms with E-state index in [-0.39, 0.29) is 11.8 Å². The third-order valence-electron chi connectivity index (χ3n) is 4.46. The van der Waals surface area contributed by atoms with Crippen molar-refractivity contribution in [2.24, 2.45) is 0 Å². The van der Waals surface area contributed by atoms with Gasteiger partial charge in [0.2, 0.25) is 0 Å². The van der Waals surface area contributed by atoms with Crippen molar-refractivity contribution in [1.82, 2.24) is 10.6 Å². The number of nitrogens with zero attached hydrogens (tertiary/aromatic N) is 2. The molecule has 0 aliphatic rings. The lowest BCUT2D eigenvalue weighted by Gasteiger charge is -2.07. The number of hydrogen-bond donors (Lipinski definition) is 2. The van der Waals surface area contributed by atoms with Crippen LogP contribution in [0.25, 0.3) is 4.85 Å². The monoisotopic (exact) mass is 388 g/mol. The molecule has 0 atom stereocenters. The maximum atomic E-state index is 12.0. The van der Waals surface area contributed by atoms with E-state index in [2.05, 4.69) is 15.5 Å². The Kier molecular flexibility index (Phi) is 8.92. The van der Waals surface area contributed by atoms with Gasteiger partial charge in [0.25, 0.3) is 11.8 Å². The molecule has 0 fully saturated rings. The summed E-state index contributed by atoms with van der Waals surface area (Å²) in [5.41, 5.74) is 2.18. The molecule has 2 rings (SSSR count). The SMILES string of the molecule is [C-]#[N+]c1ccc(C(=O)NCCCCCCCNC(=O)c2ccc(C#N)cc2)cc1. The highest BCUT2D eigenvalue weighted by Crippen LogP contribution is 2.12. The molecule has 0 spiro atoms. The van der Waals surface area contributed by atoms with Crippen LogP contribution in [0.1, 0.15) is 58.4 Å². The van der Waals surface area contributed by atoms with Crippen LogP contribution in [0.4, 0.5) is 5.69 Å². The molecule has 0 aliphatic carbocycles. The molecular weight excluding hydrogens is 364 g/mol. The van der Waals surface area contributed by atoms with E-state index in [4.69, 9.17) is 11.8 Å². The van der Waals surface area contributed by atoms with Gasteiger partial charge in [-0.25, -0.2) is 4.85 Å². The molecule has 29 heavy (non-hydrogen) atoms. The Hall–Kier alpha value is -3.64. The third-order valence-corrected chi connectivity index (χ3v) is 4.46. The van der Waals surface area contributed by atoms with Crippen LogP contribution >= 0.6 is 0 Å². The first-order chi connectivity index (χ1) is 14.1. The Balaban J connectivity index is 1.50. The van der Waals surface area contributed by atoms with Gasteiger partial charge in [0, 0.05) is 24.2 Å². The summed E-state index contributed by atoms with van der Waals surface area (Å²) in [5.74, 6) is -0.242. The van der Waals surface area contributed by atoms with Crippen LogP contribution in [-0.2, 0) is 0 Å². The molecule has 0 saturated heterocycles. The van der Waals surface area contributed by atoms with E-state index in [1.807, 2.05) is 6.07 Å². The highest BCUT2D eigenvalue weighted by molar-refractivity contribution is 5.94. The van der Waals surface area contributed by atoms with E-state index < -0.39 is 0 Å². The summed E-state index contributed by atoms with van der Waals surface area (Å²) in [6.45, 7) is 8.15. The molecule has 6 heteroatoms. The molecule has 2 aromatic rings. The van der Waals surface area contributed by atoms with Gasteiger partial charge in [0.15, 0.2) is 5.69 Å². The molecule has 2 amide bonds. The van der Waals surface area contributed by atoms with Gasteiger partial charge in [-0.05, 0) is 37.1 Å². The van der Waals surface area contributed by atoms with Crippen LogP contribution in [0.2, 0.25) is 0 Å². The van der Waals surface area contributed by atoms with Gasteiger partial charge >= 0.3 is 0 Å². The van der Waals surface area contributed by atoms with Gasteiger partial charge < -0.3 is 10.6 Å². The molecular formula is C23H24N4O2. The topological polar surface area (TPSA) is 86.3 Å². The fraction of sp³-hybridized carbons (Fsp3) is 0.304. The molecule has 0 bridgehead atoms. The number of nitriles is 1. The van der Waals surface area contributed by atoms with Crippen molar-refractivity contribution >= 4 is 17.5 Å². The summed E-state index contributed by atoms with van der Waals surface area (Å²) in [5, 5.41) is 14.5. The van der Waals surface area contributed by atoms with Crippen LogP contribution < -0.4 is 10.6 Å². The van der Waals surface area contributed by atoms with Crippen molar-refractivity contribution in [2.75, 3.05) is 13.1 Å². The molecule has 2 N–H and O–H groups in total. The number of nitrogens with one attached hydrogen (secondary N) is 2. The van der Waals surface area contributed by atoms with Crippen LogP contribution in [0.3, 0.4) is 0 Å². The average molecular weight is 388 g/mol. The highest BCUT2D eigenvalue weighted by Gasteiger charge is 2.05. The average Bonchev–Trinajstić information content (AvgIpc) is 2.77. The summed E-state index contributed by atoms with van der Waals surface area (Å²) in [4.78, 5) is 27.3. The molecule has 0 saturated carbocycles. The van der Waals surface area contributed by atoms with Gasteiger partial charge in [-0.3, -0.25) is 9.59 Å². The Labute approximate surface area is 171 Å². The predicted octanol–water partition coefficient (Wildman–Crippen LogP) is 4.22. The van der Waals surface area contributed by atoms with Gasteiger partial charge in [-0.2, -0.15) is 5.26 Å². The first kappa shape index (κ1) is 21.7. The zero-order valence-corrected chi connectivity index (χ0v) is 16.3. The molecule has 2 aromatic carbocycles. The summed E-state index contributed by atoms with van der Waals surface area (Å²) >= 11 is 0. The minimum Gasteiger partial charge on any atom is -0.352 e. The van der Waals surface area contributed by atoms with E-state index in [1.54, 1.807) is 48.5 Å². The van der Waals surface area contributed by atoms with Crippen molar-refractivity contribution < 1.29 is 9.59 Å². The lowest BCUT2D eigenvalue weighted by atomic mass is 10.1. The standard InChI is InChI=1S/C23H24N4O2/c1-25-21-13-11-20(12-14-21)23(29)27-16-6-4-2-3-5-15-26-22(28)19-9-7-18(17-24)8-10-19/h7-14H,2-6,15-16H2,(H,26,28)(H,27,29). The van der Waals surface area contributed by atoms with Gasteiger partial charge in [0.1, 0.15) is 0 Å². The first-order valence-corrected chi connectivity index (χ1v) is 9.68. The van der Waals surface area contributed by atoms with Gasteiger partial charge in [0.05, 0.1) is 18.2 Å². The van der Waals surface area contributed by atoms with E-state index in [0.29, 0.717) is 35.5 Å².